The molecule has 29 heteroatoms. The van der Waals surface area contributed by atoms with Crippen LogP contribution in [0.25, 0.3) is 0 Å². The average Bonchev–Trinajstić information content (AvgIpc) is 2.76. The minimum absolute atomic E-state index is 0.327. The molecule has 14 nitrogen and oxygen atoms in total. The van der Waals surface area contributed by atoms with Gasteiger partial charge in [0, 0.05) is 0 Å². The van der Waals surface area contributed by atoms with E-state index in [0.29, 0.717) is 0 Å². The highest BCUT2D eigenvalue weighted by atomic mass is 28.4. The molecule has 0 saturated heterocycles. The second-order valence-corrected chi connectivity index (χ2v) is 31.9. The van der Waals surface area contributed by atoms with Crippen LogP contribution < -0.4 is 0 Å². The molecule has 0 aliphatic heterocycles. The van der Waals surface area contributed by atoms with Gasteiger partial charge in [0.1, 0.15) is 20.2 Å². The number of hydrogen-bond donors (Lipinski definition) is 0. The summed E-state index contributed by atoms with van der Waals surface area (Å²) in [4.78, 5) is 0. The summed E-state index contributed by atoms with van der Waals surface area (Å²) in [6.07, 6.45) is 0. The Labute approximate surface area is 213 Å². The topological polar surface area (TPSA) is 129 Å². The molecule has 0 rings (SSSR count). The van der Waals surface area contributed by atoms with Gasteiger partial charge in [0.2, 0.25) is 0 Å². The predicted octanol–water partition coefficient (Wildman–Crippen LogP) is -14.4. The van der Waals surface area contributed by atoms with Crippen molar-refractivity contribution in [2.45, 2.75) is 6.55 Å². The van der Waals surface area contributed by atoms with Crippen molar-refractivity contribution in [2.24, 2.45) is 0 Å². The molecule has 0 aliphatic carbocycles. The first-order chi connectivity index (χ1) is 14.9. The third-order valence-corrected chi connectivity index (χ3v) is 21.6. The van der Waals surface area contributed by atoms with E-state index in [0.717, 1.165) is 10.5 Å². The van der Waals surface area contributed by atoms with Gasteiger partial charge in [-0.3, -0.25) is 0 Å². The van der Waals surface area contributed by atoms with Crippen LogP contribution >= 0.6 is 0 Å². The Morgan fingerprint density at radius 1 is 0.333 bits per heavy atom. The molecule has 30 heavy (non-hydrogen) atoms. The Morgan fingerprint density at radius 3 is 0.733 bits per heavy atom. The van der Waals surface area contributed by atoms with Gasteiger partial charge >= 0.3 is 0 Å². The van der Waals surface area contributed by atoms with Crippen LogP contribution in [0.1, 0.15) is 0 Å². The lowest BCUT2D eigenvalue weighted by Gasteiger charge is -2.09. The summed E-state index contributed by atoms with van der Waals surface area (Å²) in [5.74, 6) is 0. The van der Waals surface area contributed by atoms with E-state index in [2.05, 4.69) is 6.55 Å². The lowest BCUT2D eigenvalue weighted by Crippen LogP contribution is -2.22. The molecule has 0 N–H and O–H groups in total. The Bertz CT molecular complexity index is 277. The monoisotopic (exact) mass is 690 g/mol. The Hall–Kier alpha value is 2.69. The average molecular weight is 692 g/mol. The van der Waals surface area contributed by atoms with Crippen molar-refractivity contribution in [3.63, 3.8) is 0 Å². The Morgan fingerprint density at radius 2 is 0.533 bits per heavy atom. The summed E-state index contributed by atoms with van der Waals surface area (Å²) in [5, 5.41) is 0. The van der Waals surface area contributed by atoms with Crippen LogP contribution in [-0.4, -0.2) is 150 Å². The third kappa shape index (κ3) is 30.7. The van der Waals surface area contributed by atoms with Crippen molar-refractivity contribution in [2.75, 3.05) is 0 Å². The fourth-order valence-electron chi connectivity index (χ4n) is 1.28. The predicted molar refractivity (Wildman–Crippen MR) is 151 cm³/mol. The Balaban J connectivity index is 2.97. The summed E-state index contributed by atoms with van der Waals surface area (Å²) < 4.78 is 75.2. The van der Waals surface area contributed by atoms with Crippen LogP contribution in [-0.2, 0) is 57.6 Å². The summed E-state index contributed by atoms with van der Waals surface area (Å²) in [6, 6.07) is 0. The molecular weight excluding hydrogens is 657 g/mol. The van der Waals surface area contributed by atoms with E-state index in [1.54, 1.807) is 0 Å². The molecule has 0 saturated carbocycles. The fourth-order valence-corrected chi connectivity index (χ4v) is 25.8. The zero-order valence-corrected chi connectivity index (χ0v) is 39.4. The molecule has 0 radical (unpaired) electrons. The maximum Gasteiger partial charge on any atom is 0.286 e. The van der Waals surface area contributed by atoms with E-state index >= 15 is 0 Å². The van der Waals surface area contributed by atoms with Crippen molar-refractivity contribution in [1.29, 1.82) is 0 Å². The number of rotatable bonds is 27. The summed E-state index contributed by atoms with van der Waals surface area (Å²) in [7, 11) is -11.6. The molecule has 182 valence electrons. The first kappa shape index (κ1) is 32.7. The third-order valence-electron chi connectivity index (χ3n) is 2.41. The van der Waals surface area contributed by atoms with Crippen molar-refractivity contribution in [1.82, 2.24) is 0 Å². The summed E-state index contributed by atoms with van der Waals surface area (Å²) in [6.45, 7) is 2.09. The van der Waals surface area contributed by atoms with Crippen molar-refractivity contribution in [3.8, 4) is 0 Å². The summed E-state index contributed by atoms with van der Waals surface area (Å²) in [5.41, 5.74) is 0. The van der Waals surface area contributed by atoms with Crippen LogP contribution in [0.15, 0.2) is 0 Å². The molecule has 0 aromatic heterocycles. The van der Waals surface area contributed by atoms with Crippen LogP contribution in [0.2, 0.25) is 6.55 Å². The lowest BCUT2D eigenvalue weighted by atomic mass is 11.9. The largest absolute Gasteiger partial charge is 0.449 e. The molecular formula is CH34O14Si15. The van der Waals surface area contributed by atoms with E-state index in [1.165, 1.54) is 0 Å². The lowest BCUT2D eigenvalue weighted by molar-refractivity contribution is 0.357. The molecule has 0 bridgehead atoms. The van der Waals surface area contributed by atoms with Gasteiger partial charge in [0.15, 0.2) is 0 Å². The van der Waals surface area contributed by atoms with E-state index < -0.39 is 130 Å². The van der Waals surface area contributed by atoms with Gasteiger partial charge in [-0.2, -0.15) is 0 Å². The maximum atomic E-state index is 5.45. The van der Waals surface area contributed by atoms with Gasteiger partial charge in [-0.05, 0) is 0 Å². The van der Waals surface area contributed by atoms with E-state index in [1.807, 2.05) is 0 Å². The SMILES string of the molecule is C[SiH2]O[SiH2]O[SiH2]O[SiH2]O[SiH2]O[SiH2]O[SiH2]O[SiH2]O[SiH2]O[SiH2]O[SiH2]O[SiH2]O[SiH2]O[SiH2]O[SiH3]. The number of hydrogen-bond acceptors (Lipinski definition) is 14. The van der Waals surface area contributed by atoms with Gasteiger partial charge in [0.25, 0.3) is 130 Å². The van der Waals surface area contributed by atoms with Gasteiger partial charge in [-0.25, -0.2) is 0 Å². The molecule has 0 heterocycles. The zero-order valence-electron chi connectivity index (χ0n) is 17.6. The molecule has 0 unspecified atom stereocenters. The van der Waals surface area contributed by atoms with E-state index in [-0.39, 0.29) is 9.76 Å². The first-order valence-corrected chi connectivity index (χ1v) is 26.7. The molecule has 0 aromatic rings. The second kappa shape index (κ2) is 31.7. The second-order valence-electron chi connectivity index (χ2n) is 4.76. The van der Waals surface area contributed by atoms with Gasteiger partial charge < -0.3 is 57.6 Å². The normalized spacial score (nSPS) is 17.1. The highest BCUT2D eigenvalue weighted by Gasteiger charge is 1.97. The molecule has 0 aliphatic rings. The quantitative estimate of drug-likeness (QED) is 0.0598. The van der Waals surface area contributed by atoms with E-state index in [9.17, 15) is 0 Å². The molecule has 0 aromatic carbocycles. The molecule has 0 atom stereocenters. The fraction of sp³-hybridized carbons (Fsp3) is 1.00. The minimum Gasteiger partial charge on any atom is -0.449 e. The first-order valence-electron chi connectivity index (χ1n) is 8.91. The highest BCUT2D eigenvalue weighted by Crippen LogP contribution is 1.79. The van der Waals surface area contributed by atoms with Crippen LogP contribution in [0.5, 0.6) is 0 Å². The van der Waals surface area contributed by atoms with Crippen molar-refractivity contribution < 1.29 is 57.6 Å². The van der Waals surface area contributed by atoms with Gasteiger partial charge in [-0.1, -0.05) is 6.55 Å². The van der Waals surface area contributed by atoms with Crippen LogP contribution in [0.3, 0.4) is 0 Å². The minimum atomic E-state index is -0.994. The van der Waals surface area contributed by atoms with Crippen LogP contribution in [0, 0.1) is 0 Å². The zero-order chi connectivity index (χ0) is 21.8. The van der Waals surface area contributed by atoms with Crippen molar-refractivity contribution in [3.05, 3.63) is 0 Å². The highest BCUT2D eigenvalue weighted by molar-refractivity contribution is 6.51. The molecule has 0 fully saturated rings. The smallest absolute Gasteiger partial charge is 0.286 e. The summed E-state index contributed by atoms with van der Waals surface area (Å²) >= 11 is 0. The van der Waals surface area contributed by atoms with Gasteiger partial charge in [-0.15, -0.1) is 0 Å². The molecule has 0 spiro atoms. The van der Waals surface area contributed by atoms with Crippen molar-refractivity contribution >= 4 is 150 Å². The maximum absolute atomic E-state index is 5.45. The molecule has 0 amide bonds. The Kier molecular flexibility index (Phi) is 34.5. The van der Waals surface area contributed by atoms with Crippen LogP contribution in [0.4, 0.5) is 0 Å². The van der Waals surface area contributed by atoms with E-state index in [4.69, 9.17) is 57.6 Å². The van der Waals surface area contributed by atoms with Gasteiger partial charge in [0.05, 0.1) is 0 Å². The standard InChI is InChI=1S/CH34O14Si15/c1-17-3-19-5-21-7-23-9-25-11-27-13-29-15-30-14-28-12-26-10-24-8-22-6-20-4-18-2-16/h17-30H2,1,16H3.